The van der Waals surface area contributed by atoms with Crippen LogP contribution in [0.15, 0.2) is 42.1 Å². The number of aromatic amines is 1. The van der Waals surface area contributed by atoms with E-state index in [1.807, 2.05) is 0 Å². The van der Waals surface area contributed by atoms with Gasteiger partial charge in [-0.15, -0.1) is 0 Å². The van der Waals surface area contributed by atoms with Crippen molar-refractivity contribution in [2.24, 2.45) is 0 Å². The molecule has 7 heteroatoms. The van der Waals surface area contributed by atoms with Gasteiger partial charge in [0, 0.05) is 17.3 Å². The van der Waals surface area contributed by atoms with Crippen molar-refractivity contribution in [2.45, 2.75) is 13.8 Å². The molecular weight excluding hydrogens is 301 g/mol. The summed E-state index contributed by atoms with van der Waals surface area (Å²) in [6.45, 7) is 3.53. The van der Waals surface area contributed by atoms with Crippen LogP contribution in [0, 0.1) is 5.82 Å². The zero-order valence-corrected chi connectivity index (χ0v) is 12.7. The number of nitrogens with one attached hydrogen (secondary N) is 2. The van der Waals surface area contributed by atoms with Crippen LogP contribution in [0.4, 0.5) is 4.39 Å². The van der Waals surface area contributed by atoms with Crippen LogP contribution in [-0.2, 0) is 9.53 Å². The van der Waals surface area contributed by atoms with Crippen molar-refractivity contribution in [1.82, 2.24) is 15.5 Å². The Balaban J connectivity index is 2.06. The summed E-state index contributed by atoms with van der Waals surface area (Å²) in [5, 5.41) is 9.17. The number of ether oxygens (including phenoxy) is 1. The monoisotopic (exact) mass is 317 g/mol. The number of nitrogens with zero attached hydrogens (tertiary/aromatic N) is 1. The number of esters is 1. The third-order valence-corrected chi connectivity index (χ3v) is 2.89. The Morgan fingerprint density at radius 1 is 1.35 bits per heavy atom. The van der Waals surface area contributed by atoms with Crippen molar-refractivity contribution in [3.05, 3.63) is 53.6 Å². The Morgan fingerprint density at radius 2 is 2.04 bits per heavy atom. The van der Waals surface area contributed by atoms with E-state index in [1.54, 1.807) is 32.0 Å². The van der Waals surface area contributed by atoms with Crippen molar-refractivity contribution in [3.63, 3.8) is 0 Å². The van der Waals surface area contributed by atoms with Crippen LogP contribution in [0.1, 0.15) is 24.3 Å². The smallest absolute Gasteiger partial charge is 0.332 e. The third kappa shape index (κ3) is 4.50. The third-order valence-electron chi connectivity index (χ3n) is 2.89. The number of rotatable bonds is 5. The van der Waals surface area contributed by atoms with Crippen LogP contribution >= 0.6 is 0 Å². The Kier molecular flexibility index (Phi) is 5.24. The maximum atomic E-state index is 12.9. The van der Waals surface area contributed by atoms with Crippen molar-refractivity contribution in [2.75, 3.05) is 6.61 Å². The van der Waals surface area contributed by atoms with Gasteiger partial charge in [-0.2, -0.15) is 5.10 Å². The van der Waals surface area contributed by atoms with Crippen LogP contribution in [-0.4, -0.2) is 28.7 Å². The van der Waals surface area contributed by atoms with Gasteiger partial charge in [0.1, 0.15) is 11.5 Å². The normalized spacial score (nSPS) is 11.2. The molecule has 1 aromatic heterocycles. The molecule has 0 radical (unpaired) electrons. The lowest BCUT2D eigenvalue weighted by molar-refractivity contribution is -0.137. The van der Waals surface area contributed by atoms with E-state index in [1.165, 1.54) is 18.2 Å². The van der Waals surface area contributed by atoms with Gasteiger partial charge >= 0.3 is 5.97 Å². The van der Waals surface area contributed by atoms with Crippen LogP contribution in [0.25, 0.3) is 11.3 Å². The second kappa shape index (κ2) is 7.35. The standard InChI is InChI=1S/C16H16FN3O3/c1-3-23-15(21)8-10(2)18-16(22)14-9-13(19-20-14)11-4-6-12(17)7-5-11/h4-9H,3H2,1-2H3,(H,18,22)(H,19,20)/b10-8+. The number of carbonyl (C=O) groups is 2. The molecule has 0 bridgehead atoms. The summed E-state index contributed by atoms with van der Waals surface area (Å²) in [4.78, 5) is 23.3. The highest BCUT2D eigenvalue weighted by molar-refractivity contribution is 5.95. The first-order chi connectivity index (χ1) is 11.0. The van der Waals surface area contributed by atoms with Gasteiger partial charge in [0.15, 0.2) is 0 Å². The minimum absolute atomic E-state index is 0.223. The molecule has 0 spiro atoms. The molecule has 0 aliphatic carbocycles. The first-order valence-electron chi connectivity index (χ1n) is 6.97. The van der Waals surface area contributed by atoms with Gasteiger partial charge in [-0.1, -0.05) is 0 Å². The lowest BCUT2D eigenvalue weighted by Crippen LogP contribution is -2.22. The number of hydrogen-bond acceptors (Lipinski definition) is 4. The highest BCUT2D eigenvalue weighted by Crippen LogP contribution is 2.18. The van der Waals surface area contributed by atoms with E-state index >= 15 is 0 Å². The lowest BCUT2D eigenvalue weighted by Gasteiger charge is -2.03. The second-order valence-corrected chi connectivity index (χ2v) is 4.71. The van der Waals surface area contributed by atoms with Crippen LogP contribution in [0.5, 0.6) is 0 Å². The molecule has 6 nitrogen and oxygen atoms in total. The molecule has 2 N–H and O–H groups in total. The molecule has 23 heavy (non-hydrogen) atoms. The minimum Gasteiger partial charge on any atom is -0.463 e. The van der Waals surface area contributed by atoms with Gasteiger partial charge in [-0.3, -0.25) is 9.89 Å². The van der Waals surface area contributed by atoms with E-state index in [0.29, 0.717) is 17.0 Å². The van der Waals surface area contributed by atoms with Gasteiger partial charge in [-0.05, 0) is 44.2 Å². The highest BCUT2D eigenvalue weighted by atomic mass is 19.1. The van der Waals surface area contributed by atoms with Gasteiger partial charge in [-0.25, -0.2) is 9.18 Å². The summed E-state index contributed by atoms with van der Waals surface area (Å²) < 4.78 is 17.7. The van der Waals surface area contributed by atoms with Gasteiger partial charge in [0.2, 0.25) is 0 Å². The molecule has 2 aromatic rings. The van der Waals surface area contributed by atoms with Crippen LogP contribution in [0.3, 0.4) is 0 Å². The number of H-pyrrole nitrogens is 1. The summed E-state index contributed by atoms with van der Waals surface area (Å²) in [5.41, 5.74) is 1.77. The molecule has 120 valence electrons. The fraction of sp³-hybridized carbons (Fsp3) is 0.188. The molecule has 0 fully saturated rings. The van der Waals surface area contributed by atoms with Crippen molar-refractivity contribution in [3.8, 4) is 11.3 Å². The molecule has 0 aliphatic heterocycles. The van der Waals surface area contributed by atoms with E-state index < -0.39 is 11.9 Å². The minimum atomic E-state index is -0.526. The summed E-state index contributed by atoms with van der Waals surface area (Å²) >= 11 is 0. The van der Waals surface area contributed by atoms with Crippen molar-refractivity contribution < 1.29 is 18.7 Å². The lowest BCUT2D eigenvalue weighted by atomic mass is 10.1. The zero-order valence-electron chi connectivity index (χ0n) is 12.7. The summed E-state index contributed by atoms with van der Waals surface area (Å²) in [5.74, 6) is -1.31. The fourth-order valence-corrected chi connectivity index (χ4v) is 1.85. The summed E-state index contributed by atoms with van der Waals surface area (Å²) in [7, 11) is 0. The Bertz CT molecular complexity index is 735. The molecule has 1 aromatic carbocycles. The van der Waals surface area contributed by atoms with E-state index in [-0.39, 0.29) is 18.1 Å². The van der Waals surface area contributed by atoms with E-state index in [4.69, 9.17) is 4.74 Å². The van der Waals surface area contributed by atoms with Gasteiger partial charge < -0.3 is 10.1 Å². The topological polar surface area (TPSA) is 84.1 Å². The predicted octanol–water partition coefficient (Wildman–Crippen LogP) is 2.41. The second-order valence-electron chi connectivity index (χ2n) is 4.71. The molecule has 0 unspecified atom stereocenters. The number of aromatic nitrogens is 2. The number of hydrogen-bond donors (Lipinski definition) is 2. The van der Waals surface area contributed by atoms with Gasteiger partial charge in [0.25, 0.3) is 5.91 Å². The molecule has 0 saturated carbocycles. The average Bonchev–Trinajstić information content (AvgIpc) is 2.98. The van der Waals surface area contributed by atoms with Gasteiger partial charge in [0.05, 0.1) is 12.3 Å². The Labute approximate surface area is 132 Å². The maximum Gasteiger partial charge on any atom is 0.332 e. The predicted molar refractivity (Wildman–Crippen MR) is 81.8 cm³/mol. The van der Waals surface area contributed by atoms with Crippen LogP contribution < -0.4 is 5.32 Å². The van der Waals surface area contributed by atoms with Crippen LogP contribution in [0.2, 0.25) is 0 Å². The molecule has 2 rings (SSSR count). The molecule has 0 aliphatic rings. The quantitative estimate of drug-likeness (QED) is 0.655. The van der Waals surface area contributed by atoms with E-state index in [0.717, 1.165) is 0 Å². The molecule has 1 heterocycles. The summed E-state index contributed by atoms with van der Waals surface area (Å²) in [6, 6.07) is 7.31. The highest BCUT2D eigenvalue weighted by Gasteiger charge is 2.12. The number of amides is 1. The maximum absolute atomic E-state index is 12.9. The van der Waals surface area contributed by atoms with Crippen molar-refractivity contribution in [1.29, 1.82) is 0 Å². The molecule has 0 atom stereocenters. The fourth-order valence-electron chi connectivity index (χ4n) is 1.85. The zero-order chi connectivity index (χ0) is 16.8. The Hall–Kier alpha value is -2.96. The Morgan fingerprint density at radius 3 is 2.70 bits per heavy atom. The van der Waals surface area contributed by atoms with E-state index in [9.17, 15) is 14.0 Å². The van der Waals surface area contributed by atoms with E-state index in [2.05, 4.69) is 15.5 Å². The largest absolute Gasteiger partial charge is 0.463 e. The molecular formula is C16H16FN3O3. The average molecular weight is 317 g/mol. The molecule has 0 saturated heterocycles. The number of benzene rings is 1. The number of carbonyl (C=O) groups excluding carboxylic acids is 2. The van der Waals surface area contributed by atoms with Crippen molar-refractivity contribution >= 4 is 11.9 Å². The SMILES string of the molecule is CCOC(=O)/C=C(\C)NC(=O)c1cc(-c2ccc(F)cc2)n[nH]1. The first-order valence-corrected chi connectivity index (χ1v) is 6.97. The summed E-state index contributed by atoms with van der Waals surface area (Å²) in [6.07, 6.45) is 1.19. The molecule has 1 amide bonds. The number of allylic oxidation sites excluding steroid dienone is 1. The number of halogens is 1. The first kappa shape index (κ1) is 16.4.